The van der Waals surface area contributed by atoms with Crippen LogP contribution in [0, 0.1) is 18.2 Å². The monoisotopic (exact) mass is 297 g/mol. The van der Waals surface area contributed by atoms with Crippen LogP contribution in [0.4, 0.5) is 4.39 Å². The Balaban J connectivity index is 2.78. The third-order valence-corrected chi connectivity index (χ3v) is 3.26. The molecule has 17 heavy (non-hydrogen) atoms. The van der Waals surface area contributed by atoms with Gasteiger partial charge in [0.25, 0.3) is 0 Å². The third kappa shape index (κ3) is 4.14. The van der Waals surface area contributed by atoms with Crippen molar-refractivity contribution in [3.63, 3.8) is 0 Å². The Kier molecular flexibility index (Phi) is 5.67. The summed E-state index contributed by atoms with van der Waals surface area (Å²) in [6.45, 7) is 4.02. The van der Waals surface area contributed by atoms with Crippen LogP contribution in [0.25, 0.3) is 0 Å². The smallest absolute Gasteiger partial charge is 0.128 e. The van der Waals surface area contributed by atoms with E-state index in [0.717, 1.165) is 10.9 Å². The minimum Gasteiger partial charge on any atom is -0.306 e. The number of hydrogen-bond acceptors (Lipinski definition) is 1. The Hall–Kier alpha value is -0.850. The molecule has 0 aliphatic rings. The first kappa shape index (κ1) is 14.2. The number of hydrogen-bond donors (Lipinski definition) is 1. The number of terminal acetylenes is 1. The molecule has 1 nitrogen and oxygen atoms in total. The first-order valence-corrected chi connectivity index (χ1v) is 6.52. The van der Waals surface area contributed by atoms with Crippen molar-refractivity contribution in [2.45, 2.75) is 38.8 Å². The van der Waals surface area contributed by atoms with E-state index in [1.54, 1.807) is 12.1 Å². The number of rotatable bonds is 5. The van der Waals surface area contributed by atoms with Crippen molar-refractivity contribution in [1.29, 1.82) is 0 Å². The van der Waals surface area contributed by atoms with Crippen molar-refractivity contribution >= 4 is 15.9 Å². The van der Waals surface area contributed by atoms with Crippen LogP contribution in [0.1, 0.15) is 38.3 Å². The van der Waals surface area contributed by atoms with Gasteiger partial charge in [-0.2, -0.15) is 0 Å². The lowest BCUT2D eigenvalue weighted by atomic mass is 10.0. The summed E-state index contributed by atoms with van der Waals surface area (Å²) in [5.41, 5.74) is 0.662. The molecule has 1 N–H and O–H groups in total. The molecule has 1 aromatic carbocycles. The van der Waals surface area contributed by atoms with Crippen LogP contribution >= 0.6 is 15.9 Å². The standard InChI is InChI=1S/C14H17BrFN/c1-4-6-12(5-2)17-10(3)13-9-11(15)7-8-14(13)16/h1,7-10,12,17H,5-6H2,2-3H3. The van der Waals surface area contributed by atoms with Gasteiger partial charge in [0.2, 0.25) is 0 Å². The predicted octanol–water partition coefficient (Wildman–Crippen LogP) is 4.04. The summed E-state index contributed by atoms with van der Waals surface area (Å²) < 4.78 is 14.5. The second kappa shape index (κ2) is 6.78. The van der Waals surface area contributed by atoms with E-state index >= 15 is 0 Å². The second-order valence-electron chi connectivity index (χ2n) is 4.07. The summed E-state index contributed by atoms with van der Waals surface area (Å²) in [7, 11) is 0. The average molecular weight is 298 g/mol. The van der Waals surface area contributed by atoms with Gasteiger partial charge in [0.1, 0.15) is 5.82 Å². The minimum atomic E-state index is -0.191. The van der Waals surface area contributed by atoms with Gasteiger partial charge < -0.3 is 5.32 Å². The number of nitrogens with one attached hydrogen (secondary N) is 1. The Morgan fingerprint density at radius 1 is 1.53 bits per heavy atom. The highest BCUT2D eigenvalue weighted by atomic mass is 79.9. The molecule has 0 spiro atoms. The topological polar surface area (TPSA) is 12.0 Å². The van der Waals surface area contributed by atoms with Gasteiger partial charge in [0, 0.05) is 28.5 Å². The zero-order valence-electron chi connectivity index (χ0n) is 10.1. The van der Waals surface area contributed by atoms with Crippen molar-refractivity contribution in [2.75, 3.05) is 0 Å². The van der Waals surface area contributed by atoms with Crippen LogP contribution < -0.4 is 5.32 Å². The highest BCUT2D eigenvalue weighted by Crippen LogP contribution is 2.22. The van der Waals surface area contributed by atoms with Gasteiger partial charge in [0.15, 0.2) is 0 Å². The summed E-state index contributed by atoms with van der Waals surface area (Å²) in [4.78, 5) is 0. The van der Waals surface area contributed by atoms with Gasteiger partial charge >= 0.3 is 0 Å². The molecule has 1 rings (SSSR count). The molecule has 92 valence electrons. The maximum absolute atomic E-state index is 13.7. The maximum atomic E-state index is 13.7. The van der Waals surface area contributed by atoms with Crippen LogP contribution in [0.5, 0.6) is 0 Å². The lowest BCUT2D eigenvalue weighted by molar-refractivity contribution is 0.437. The molecule has 0 heterocycles. The zero-order chi connectivity index (χ0) is 12.8. The van der Waals surface area contributed by atoms with Crippen LogP contribution in [0.2, 0.25) is 0 Å². The maximum Gasteiger partial charge on any atom is 0.128 e. The predicted molar refractivity (Wildman–Crippen MR) is 73.2 cm³/mol. The first-order valence-electron chi connectivity index (χ1n) is 5.73. The molecule has 0 aliphatic heterocycles. The summed E-state index contributed by atoms with van der Waals surface area (Å²) in [6.07, 6.45) is 6.90. The molecule has 0 aromatic heterocycles. The normalized spacial score (nSPS) is 14.1. The molecule has 0 bridgehead atoms. The van der Waals surface area contributed by atoms with E-state index in [0.29, 0.717) is 12.0 Å². The molecule has 1 aromatic rings. The van der Waals surface area contributed by atoms with Crippen LogP contribution in [-0.4, -0.2) is 6.04 Å². The molecule has 0 saturated carbocycles. The lowest BCUT2D eigenvalue weighted by Crippen LogP contribution is -2.31. The third-order valence-electron chi connectivity index (χ3n) is 2.77. The molecule has 0 fully saturated rings. The average Bonchev–Trinajstić information content (AvgIpc) is 2.31. The summed E-state index contributed by atoms with van der Waals surface area (Å²) in [5.74, 6) is 2.45. The molecule has 0 amide bonds. The van der Waals surface area contributed by atoms with Gasteiger partial charge in [-0.1, -0.05) is 22.9 Å². The highest BCUT2D eigenvalue weighted by Gasteiger charge is 2.14. The van der Waals surface area contributed by atoms with Crippen molar-refractivity contribution in [1.82, 2.24) is 5.32 Å². The van der Waals surface area contributed by atoms with Gasteiger partial charge in [-0.15, -0.1) is 12.3 Å². The summed E-state index contributed by atoms with van der Waals surface area (Å²) >= 11 is 3.35. The Morgan fingerprint density at radius 3 is 2.82 bits per heavy atom. The summed E-state index contributed by atoms with van der Waals surface area (Å²) in [6, 6.07) is 5.15. The summed E-state index contributed by atoms with van der Waals surface area (Å²) in [5, 5.41) is 3.35. The minimum absolute atomic E-state index is 0.0502. The molecule has 2 unspecified atom stereocenters. The van der Waals surface area contributed by atoms with E-state index in [1.165, 1.54) is 6.07 Å². The number of halogens is 2. The fraction of sp³-hybridized carbons (Fsp3) is 0.429. The second-order valence-corrected chi connectivity index (χ2v) is 4.98. The fourth-order valence-electron chi connectivity index (χ4n) is 1.75. The van der Waals surface area contributed by atoms with E-state index in [1.807, 2.05) is 6.92 Å². The molecule has 0 radical (unpaired) electrons. The van der Waals surface area contributed by atoms with Gasteiger partial charge in [-0.05, 0) is 31.5 Å². The molecular formula is C14H17BrFN. The van der Waals surface area contributed by atoms with Gasteiger partial charge in [0.05, 0.1) is 0 Å². The Bertz CT molecular complexity index is 411. The highest BCUT2D eigenvalue weighted by molar-refractivity contribution is 9.10. The SMILES string of the molecule is C#CCC(CC)NC(C)c1cc(Br)ccc1F. The van der Waals surface area contributed by atoms with Crippen molar-refractivity contribution in [3.05, 3.63) is 34.1 Å². The first-order chi connectivity index (χ1) is 8.08. The number of benzene rings is 1. The van der Waals surface area contributed by atoms with Crippen LogP contribution in [0.15, 0.2) is 22.7 Å². The molecule has 0 aliphatic carbocycles. The molecule has 3 heteroatoms. The largest absolute Gasteiger partial charge is 0.306 e. The Morgan fingerprint density at radius 2 is 2.24 bits per heavy atom. The van der Waals surface area contributed by atoms with E-state index in [4.69, 9.17) is 6.42 Å². The van der Waals surface area contributed by atoms with E-state index in [9.17, 15) is 4.39 Å². The lowest BCUT2D eigenvalue weighted by Gasteiger charge is -2.21. The van der Waals surface area contributed by atoms with E-state index in [2.05, 4.69) is 34.1 Å². The van der Waals surface area contributed by atoms with Crippen LogP contribution in [-0.2, 0) is 0 Å². The van der Waals surface area contributed by atoms with Crippen LogP contribution in [0.3, 0.4) is 0 Å². The van der Waals surface area contributed by atoms with Crippen molar-refractivity contribution in [2.24, 2.45) is 0 Å². The van der Waals surface area contributed by atoms with Gasteiger partial charge in [-0.3, -0.25) is 0 Å². The van der Waals surface area contributed by atoms with Crippen molar-refractivity contribution < 1.29 is 4.39 Å². The Labute approximate surface area is 111 Å². The van der Waals surface area contributed by atoms with Gasteiger partial charge in [-0.25, -0.2) is 4.39 Å². The molecule has 0 saturated heterocycles. The zero-order valence-corrected chi connectivity index (χ0v) is 11.7. The van der Waals surface area contributed by atoms with E-state index in [-0.39, 0.29) is 17.9 Å². The fourth-order valence-corrected chi connectivity index (χ4v) is 2.13. The molecular weight excluding hydrogens is 281 g/mol. The van der Waals surface area contributed by atoms with E-state index < -0.39 is 0 Å². The quantitative estimate of drug-likeness (QED) is 0.809. The van der Waals surface area contributed by atoms with Crippen molar-refractivity contribution in [3.8, 4) is 12.3 Å². The molecule has 2 atom stereocenters.